The Kier molecular flexibility index (Phi) is 5.65. The zero-order valence-electron chi connectivity index (χ0n) is 13.6. The van der Waals surface area contributed by atoms with Crippen molar-refractivity contribution in [1.82, 2.24) is 0 Å². The lowest BCUT2D eigenvalue weighted by molar-refractivity contribution is -1.02. The molecular formula is C18H25BrN3O+3. The van der Waals surface area contributed by atoms with E-state index in [1.54, 1.807) is 16.9 Å². The second kappa shape index (κ2) is 7.90. The molecule has 0 saturated carbocycles. The molecule has 5 heteroatoms. The summed E-state index contributed by atoms with van der Waals surface area (Å²) >= 11 is 3.57. The van der Waals surface area contributed by atoms with Crippen LogP contribution in [-0.2, 0) is 13.1 Å². The third kappa shape index (κ3) is 4.53. The molecule has 122 valence electrons. The normalized spacial score (nSPS) is 21.1. The molecule has 1 saturated heterocycles. The molecule has 0 aliphatic carbocycles. The van der Waals surface area contributed by atoms with Crippen LogP contribution in [0, 0.1) is 0 Å². The lowest BCUT2D eigenvalue weighted by Crippen LogP contribution is -3.27. The fourth-order valence-corrected chi connectivity index (χ4v) is 3.70. The summed E-state index contributed by atoms with van der Waals surface area (Å²) in [7, 11) is 1.75. The Morgan fingerprint density at radius 1 is 1.09 bits per heavy atom. The first-order valence-electron chi connectivity index (χ1n) is 8.19. The molecule has 0 amide bonds. The first-order valence-corrected chi connectivity index (χ1v) is 8.98. The Labute approximate surface area is 146 Å². The largest absolute Gasteiger partial charge is 0.496 e. The molecule has 4 nitrogen and oxygen atoms in total. The smallest absolute Gasteiger partial charge is 0.175 e. The second-order valence-corrected chi connectivity index (χ2v) is 7.14. The van der Waals surface area contributed by atoms with Gasteiger partial charge in [0.15, 0.2) is 12.4 Å². The van der Waals surface area contributed by atoms with Gasteiger partial charge in [0, 0.05) is 16.1 Å². The van der Waals surface area contributed by atoms with Crippen LogP contribution in [0.25, 0.3) is 0 Å². The van der Waals surface area contributed by atoms with Gasteiger partial charge in [-0.25, -0.2) is 4.98 Å². The van der Waals surface area contributed by atoms with Crippen LogP contribution < -0.4 is 19.5 Å². The number of aromatic amines is 1. The predicted octanol–water partition coefficient (Wildman–Crippen LogP) is -0.245. The summed E-state index contributed by atoms with van der Waals surface area (Å²) in [6.07, 6.45) is 4.07. The molecule has 0 spiro atoms. The topological polar surface area (TPSA) is 32.2 Å². The molecule has 1 aromatic carbocycles. The van der Waals surface area contributed by atoms with E-state index < -0.39 is 0 Å². The fourth-order valence-electron chi connectivity index (χ4n) is 3.29. The van der Waals surface area contributed by atoms with Gasteiger partial charge in [-0.05, 0) is 24.3 Å². The molecule has 0 radical (unpaired) electrons. The summed E-state index contributed by atoms with van der Waals surface area (Å²) in [6, 6.07) is 10.6. The Bertz CT molecular complexity index is 627. The maximum Gasteiger partial charge on any atom is 0.175 e. The van der Waals surface area contributed by atoms with Gasteiger partial charge in [-0.2, -0.15) is 0 Å². The van der Waals surface area contributed by atoms with E-state index in [2.05, 4.69) is 45.3 Å². The van der Waals surface area contributed by atoms with E-state index in [9.17, 15) is 0 Å². The molecule has 0 bridgehead atoms. The Morgan fingerprint density at radius 3 is 2.48 bits per heavy atom. The first kappa shape index (κ1) is 16.4. The van der Waals surface area contributed by atoms with E-state index in [0.29, 0.717) is 0 Å². The van der Waals surface area contributed by atoms with Crippen LogP contribution in [0.5, 0.6) is 5.75 Å². The number of hydrogen-bond acceptors (Lipinski definition) is 1. The fraction of sp³-hybridized carbons (Fsp3) is 0.389. The summed E-state index contributed by atoms with van der Waals surface area (Å²) in [5.41, 5.74) is 2.68. The average molecular weight is 379 g/mol. The minimum Gasteiger partial charge on any atom is -0.496 e. The van der Waals surface area contributed by atoms with Crippen molar-refractivity contribution in [3.63, 3.8) is 0 Å². The van der Waals surface area contributed by atoms with Gasteiger partial charge in [-0.3, -0.25) is 0 Å². The number of halogens is 1. The highest BCUT2D eigenvalue weighted by molar-refractivity contribution is 9.10. The molecule has 1 fully saturated rings. The second-order valence-electron chi connectivity index (χ2n) is 6.22. The van der Waals surface area contributed by atoms with Crippen LogP contribution in [0.15, 0.2) is 47.2 Å². The van der Waals surface area contributed by atoms with Crippen LogP contribution >= 0.6 is 15.9 Å². The van der Waals surface area contributed by atoms with E-state index in [4.69, 9.17) is 4.74 Å². The number of hydrogen-bond donors (Lipinski definition) is 2. The monoisotopic (exact) mass is 378 g/mol. The minimum absolute atomic E-state index is 0.996. The van der Waals surface area contributed by atoms with Gasteiger partial charge in [-0.1, -0.05) is 15.9 Å². The number of H-pyrrole nitrogens is 1. The van der Waals surface area contributed by atoms with Crippen molar-refractivity contribution in [3.8, 4) is 5.75 Å². The maximum absolute atomic E-state index is 5.50. The molecule has 23 heavy (non-hydrogen) atoms. The van der Waals surface area contributed by atoms with Crippen LogP contribution in [0.1, 0.15) is 11.1 Å². The Balaban J connectivity index is 1.54. The highest BCUT2D eigenvalue weighted by atomic mass is 79.9. The zero-order valence-corrected chi connectivity index (χ0v) is 15.2. The number of pyridine rings is 1. The number of quaternary nitrogens is 2. The summed E-state index contributed by atoms with van der Waals surface area (Å²) in [6.45, 7) is 7.02. The molecule has 1 aliphatic heterocycles. The third-order valence-corrected chi connectivity index (χ3v) is 5.07. The van der Waals surface area contributed by atoms with Gasteiger partial charge in [0.05, 0.1) is 12.7 Å². The van der Waals surface area contributed by atoms with Crippen molar-refractivity contribution in [2.24, 2.45) is 0 Å². The van der Waals surface area contributed by atoms with E-state index in [-0.39, 0.29) is 0 Å². The lowest BCUT2D eigenvalue weighted by Gasteiger charge is -2.29. The van der Waals surface area contributed by atoms with E-state index >= 15 is 0 Å². The highest BCUT2D eigenvalue weighted by Crippen LogP contribution is 2.22. The van der Waals surface area contributed by atoms with Crippen molar-refractivity contribution >= 4 is 15.9 Å². The summed E-state index contributed by atoms with van der Waals surface area (Å²) in [5.74, 6) is 0.996. The summed E-state index contributed by atoms with van der Waals surface area (Å²) in [4.78, 5) is 6.49. The molecule has 1 aromatic heterocycles. The minimum atomic E-state index is 0.996. The molecule has 0 unspecified atom stereocenters. The molecule has 2 aromatic rings. The van der Waals surface area contributed by atoms with Crippen LogP contribution in [-0.4, -0.2) is 33.3 Å². The lowest BCUT2D eigenvalue weighted by atomic mass is 10.1. The number of nitrogens with one attached hydrogen (secondary N) is 3. The number of ether oxygens (including phenoxy) is 1. The maximum atomic E-state index is 5.50. The van der Waals surface area contributed by atoms with Gasteiger partial charge < -0.3 is 14.5 Å². The SMILES string of the molecule is COc1ccc(Br)cc1C[NH+]1CC[NH+](Cc2ccc[nH+]c2)CC1. The van der Waals surface area contributed by atoms with Crippen molar-refractivity contribution in [2.75, 3.05) is 33.3 Å². The third-order valence-electron chi connectivity index (χ3n) is 4.57. The number of benzene rings is 1. The zero-order chi connectivity index (χ0) is 16.1. The predicted molar refractivity (Wildman–Crippen MR) is 92.5 cm³/mol. The van der Waals surface area contributed by atoms with Gasteiger partial charge in [-0.15, -0.1) is 0 Å². The molecule has 3 rings (SSSR count). The van der Waals surface area contributed by atoms with Crippen molar-refractivity contribution in [1.29, 1.82) is 0 Å². The average Bonchev–Trinajstić information content (AvgIpc) is 2.58. The summed E-state index contributed by atoms with van der Waals surface area (Å²) in [5, 5.41) is 0. The number of rotatable bonds is 5. The van der Waals surface area contributed by atoms with Gasteiger partial charge in [0.2, 0.25) is 0 Å². The van der Waals surface area contributed by atoms with E-state index in [1.165, 1.54) is 37.3 Å². The van der Waals surface area contributed by atoms with E-state index in [1.807, 2.05) is 18.3 Å². The van der Waals surface area contributed by atoms with Gasteiger partial charge >= 0.3 is 0 Å². The van der Waals surface area contributed by atoms with Crippen molar-refractivity contribution in [3.05, 3.63) is 58.3 Å². The van der Waals surface area contributed by atoms with Crippen molar-refractivity contribution < 1.29 is 19.5 Å². The standard InChI is InChI=1S/C18H22BrN3O/c1-23-18-5-4-17(19)11-16(18)14-22-9-7-21(8-10-22)13-15-3-2-6-20-12-15/h2-6,11-12H,7-10,13-14H2,1H3/p+3. The number of piperazine rings is 1. The molecule has 0 atom stereocenters. The Morgan fingerprint density at radius 2 is 1.83 bits per heavy atom. The van der Waals surface area contributed by atoms with Crippen LogP contribution in [0.2, 0.25) is 0 Å². The van der Waals surface area contributed by atoms with E-state index in [0.717, 1.165) is 23.3 Å². The molecule has 2 heterocycles. The Hall–Kier alpha value is -1.43. The van der Waals surface area contributed by atoms with Crippen molar-refractivity contribution in [2.45, 2.75) is 13.1 Å². The summed E-state index contributed by atoms with van der Waals surface area (Å²) < 4.78 is 6.62. The molecule has 3 N–H and O–H groups in total. The van der Waals surface area contributed by atoms with Gasteiger partial charge in [0.25, 0.3) is 0 Å². The molecular weight excluding hydrogens is 354 g/mol. The number of aromatic nitrogens is 1. The highest BCUT2D eigenvalue weighted by Gasteiger charge is 2.24. The number of methoxy groups -OCH3 is 1. The van der Waals surface area contributed by atoms with Crippen LogP contribution in [0.3, 0.4) is 0 Å². The molecule has 1 aliphatic rings. The quantitative estimate of drug-likeness (QED) is 0.739. The van der Waals surface area contributed by atoms with Gasteiger partial charge in [0.1, 0.15) is 45.0 Å². The first-order chi connectivity index (χ1) is 11.2. The van der Waals surface area contributed by atoms with Crippen LogP contribution in [0.4, 0.5) is 0 Å².